The molecule has 0 bridgehead atoms. The zero-order chi connectivity index (χ0) is 18.4. The molecule has 0 saturated carbocycles. The van der Waals surface area contributed by atoms with E-state index >= 15 is 0 Å². The van der Waals surface area contributed by atoms with Crippen molar-refractivity contribution >= 4 is 46.2 Å². The summed E-state index contributed by atoms with van der Waals surface area (Å²) in [6.07, 6.45) is 0. The van der Waals surface area contributed by atoms with Crippen molar-refractivity contribution in [3.05, 3.63) is 63.6 Å². The lowest BCUT2D eigenvalue weighted by molar-refractivity contribution is 0.0341. The highest BCUT2D eigenvalue weighted by molar-refractivity contribution is 7.80. The largest absolute Gasteiger partial charge is 0.379 e. The summed E-state index contributed by atoms with van der Waals surface area (Å²) in [6, 6.07) is 13.7. The Labute approximate surface area is 169 Å². The Balaban J connectivity index is 1.57. The van der Waals surface area contributed by atoms with E-state index < -0.39 is 0 Å². The summed E-state index contributed by atoms with van der Waals surface area (Å²) in [5, 5.41) is 8.04. The molecule has 0 spiro atoms. The number of ether oxygens (including phenoxy) is 1. The minimum absolute atomic E-state index is 0.532. The first-order valence-corrected chi connectivity index (χ1v) is 9.64. The van der Waals surface area contributed by atoms with Crippen LogP contribution in [0.25, 0.3) is 0 Å². The van der Waals surface area contributed by atoms with Gasteiger partial charge in [-0.25, -0.2) is 0 Å². The average molecular weight is 410 g/mol. The van der Waals surface area contributed by atoms with Gasteiger partial charge in [-0.3, -0.25) is 4.90 Å². The highest BCUT2D eigenvalue weighted by Gasteiger charge is 2.12. The Morgan fingerprint density at radius 1 is 1.04 bits per heavy atom. The van der Waals surface area contributed by atoms with Gasteiger partial charge in [0.2, 0.25) is 0 Å². The number of nitrogens with one attached hydrogen (secondary N) is 2. The minimum atomic E-state index is 0.532. The lowest BCUT2D eigenvalue weighted by atomic mass is 10.1. The van der Waals surface area contributed by atoms with Gasteiger partial charge in [-0.15, -0.1) is 0 Å². The van der Waals surface area contributed by atoms with Gasteiger partial charge in [-0.1, -0.05) is 47.5 Å². The number of halogens is 2. The zero-order valence-corrected chi connectivity index (χ0v) is 16.6. The predicted octanol–water partition coefficient (Wildman–Crippen LogP) is 4.31. The van der Waals surface area contributed by atoms with Crippen LogP contribution in [0.2, 0.25) is 10.0 Å². The van der Waals surface area contributed by atoms with Gasteiger partial charge >= 0.3 is 0 Å². The molecular weight excluding hydrogens is 389 g/mol. The fourth-order valence-electron chi connectivity index (χ4n) is 2.86. The molecule has 2 aromatic rings. The summed E-state index contributed by atoms with van der Waals surface area (Å²) in [5.41, 5.74) is 3.30. The van der Waals surface area contributed by atoms with Crippen LogP contribution in [0.1, 0.15) is 11.1 Å². The second-order valence-electron chi connectivity index (χ2n) is 6.12. The molecule has 3 rings (SSSR count). The molecule has 0 unspecified atom stereocenters. The van der Waals surface area contributed by atoms with Crippen molar-refractivity contribution in [3.8, 4) is 0 Å². The molecular formula is C19H21Cl2N3OS. The Kier molecular flexibility index (Phi) is 7.11. The Bertz CT molecular complexity index is 746. The monoisotopic (exact) mass is 409 g/mol. The van der Waals surface area contributed by atoms with Gasteiger partial charge in [0.25, 0.3) is 0 Å². The highest BCUT2D eigenvalue weighted by atomic mass is 35.5. The van der Waals surface area contributed by atoms with Crippen molar-refractivity contribution in [1.82, 2.24) is 10.2 Å². The summed E-state index contributed by atoms with van der Waals surface area (Å²) in [5.74, 6) is 0. The normalized spacial score (nSPS) is 14.8. The minimum Gasteiger partial charge on any atom is -0.379 e. The van der Waals surface area contributed by atoms with E-state index in [4.69, 9.17) is 40.2 Å². The van der Waals surface area contributed by atoms with E-state index in [1.54, 1.807) is 18.2 Å². The van der Waals surface area contributed by atoms with E-state index in [0.29, 0.717) is 21.7 Å². The molecule has 1 saturated heterocycles. The molecule has 0 amide bonds. The van der Waals surface area contributed by atoms with Crippen LogP contribution in [0.15, 0.2) is 42.5 Å². The number of benzene rings is 2. The third kappa shape index (κ3) is 5.83. The van der Waals surface area contributed by atoms with Crippen LogP contribution in [-0.4, -0.2) is 36.3 Å². The van der Waals surface area contributed by atoms with Crippen molar-refractivity contribution in [2.45, 2.75) is 13.1 Å². The van der Waals surface area contributed by atoms with Gasteiger partial charge in [0.05, 0.1) is 13.2 Å². The van der Waals surface area contributed by atoms with Gasteiger partial charge in [-0.05, 0) is 41.5 Å². The summed E-state index contributed by atoms with van der Waals surface area (Å²) in [6.45, 7) is 5.12. The number of nitrogens with zero attached hydrogens (tertiary/aromatic N) is 1. The molecule has 2 N–H and O–H groups in total. The number of anilines is 1. The van der Waals surface area contributed by atoms with Gasteiger partial charge in [0.15, 0.2) is 5.11 Å². The standard InChI is InChI=1S/C19H21Cl2N3OS/c20-16-9-17(21)11-18(10-16)23-19(26)22-12-14-3-1-2-4-15(14)13-24-5-7-25-8-6-24/h1-4,9-11H,5-8,12-13H2,(H2,22,23,26). The van der Waals surface area contributed by atoms with Gasteiger partial charge in [0, 0.05) is 41.9 Å². The van der Waals surface area contributed by atoms with Gasteiger partial charge in [-0.2, -0.15) is 0 Å². The Morgan fingerprint density at radius 2 is 1.69 bits per heavy atom. The van der Waals surface area contributed by atoms with Crippen LogP contribution >= 0.6 is 35.4 Å². The van der Waals surface area contributed by atoms with E-state index in [9.17, 15) is 0 Å². The lowest BCUT2D eigenvalue weighted by Crippen LogP contribution is -2.36. The Hall–Kier alpha value is -1.37. The average Bonchev–Trinajstić information content (AvgIpc) is 2.61. The highest BCUT2D eigenvalue weighted by Crippen LogP contribution is 2.22. The first kappa shape index (κ1) is 19.4. The molecule has 0 aliphatic carbocycles. The molecule has 0 radical (unpaired) electrons. The molecule has 1 aliphatic rings. The van der Waals surface area contributed by atoms with Crippen molar-refractivity contribution in [3.63, 3.8) is 0 Å². The first-order chi connectivity index (χ1) is 12.6. The fourth-order valence-corrected chi connectivity index (χ4v) is 3.58. The first-order valence-electron chi connectivity index (χ1n) is 8.48. The van der Waals surface area contributed by atoms with Crippen molar-refractivity contribution in [1.29, 1.82) is 0 Å². The number of hydrogen-bond acceptors (Lipinski definition) is 3. The summed E-state index contributed by atoms with van der Waals surface area (Å²) >= 11 is 17.4. The maximum Gasteiger partial charge on any atom is 0.171 e. The quantitative estimate of drug-likeness (QED) is 0.719. The topological polar surface area (TPSA) is 36.5 Å². The molecule has 1 fully saturated rings. The lowest BCUT2D eigenvalue weighted by Gasteiger charge is -2.27. The molecule has 26 heavy (non-hydrogen) atoms. The third-order valence-corrected chi connectivity index (χ3v) is 4.86. The number of hydrogen-bond donors (Lipinski definition) is 2. The van der Waals surface area contributed by atoms with E-state index in [-0.39, 0.29) is 0 Å². The van der Waals surface area contributed by atoms with Crippen molar-refractivity contribution in [2.75, 3.05) is 31.6 Å². The molecule has 0 atom stereocenters. The van der Waals surface area contributed by atoms with Crippen molar-refractivity contribution in [2.24, 2.45) is 0 Å². The zero-order valence-electron chi connectivity index (χ0n) is 14.3. The fraction of sp³-hybridized carbons (Fsp3) is 0.316. The number of morpholine rings is 1. The third-order valence-electron chi connectivity index (χ3n) is 4.18. The second kappa shape index (κ2) is 9.53. The maximum atomic E-state index is 6.02. The van der Waals surface area contributed by atoms with Crippen molar-refractivity contribution < 1.29 is 4.74 Å². The summed E-state index contributed by atoms with van der Waals surface area (Å²) in [4.78, 5) is 2.41. The predicted molar refractivity (Wildman–Crippen MR) is 112 cm³/mol. The summed E-state index contributed by atoms with van der Waals surface area (Å²) in [7, 11) is 0. The van der Waals surface area contributed by atoms with Crippen LogP contribution in [-0.2, 0) is 17.8 Å². The molecule has 1 aliphatic heterocycles. The number of thiocarbonyl (C=S) groups is 1. The number of rotatable bonds is 5. The molecule has 2 aromatic carbocycles. The molecule has 138 valence electrons. The molecule has 4 nitrogen and oxygen atoms in total. The van der Waals surface area contributed by atoms with E-state index in [2.05, 4.69) is 33.7 Å². The molecule has 7 heteroatoms. The summed E-state index contributed by atoms with van der Waals surface area (Å²) < 4.78 is 5.42. The van der Waals surface area contributed by atoms with E-state index in [1.165, 1.54) is 11.1 Å². The maximum absolute atomic E-state index is 6.02. The smallest absolute Gasteiger partial charge is 0.171 e. The van der Waals surface area contributed by atoms with E-state index in [1.807, 2.05) is 6.07 Å². The van der Waals surface area contributed by atoms with Crippen LogP contribution in [0, 0.1) is 0 Å². The Morgan fingerprint density at radius 3 is 2.38 bits per heavy atom. The molecule has 0 aromatic heterocycles. The van der Waals surface area contributed by atoms with E-state index in [0.717, 1.165) is 38.5 Å². The molecule has 1 heterocycles. The van der Waals surface area contributed by atoms with Gasteiger partial charge in [0.1, 0.15) is 0 Å². The van der Waals surface area contributed by atoms with Crippen LogP contribution in [0.5, 0.6) is 0 Å². The second-order valence-corrected chi connectivity index (χ2v) is 7.40. The van der Waals surface area contributed by atoms with Gasteiger partial charge < -0.3 is 15.4 Å². The van der Waals surface area contributed by atoms with Crippen LogP contribution < -0.4 is 10.6 Å². The van der Waals surface area contributed by atoms with Crippen LogP contribution in [0.4, 0.5) is 5.69 Å². The van der Waals surface area contributed by atoms with Crippen LogP contribution in [0.3, 0.4) is 0 Å². The SMILES string of the molecule is S=C(NCc1ccccc1CN1CCOCC1)Nc1cc(Cl)cc(Cl)c1.